The molecule has 0 aliphatic heterocycles. The fourth-order valence-electron chi connectivity index (χ4n) is 7.28. The molecule has 2 heteroatoms. The van der Waals surface area contributed by atoms with Crippen molar-refractivity contribution in [2.24, 2.45) is 0 Å². The summed E-state index contributed by atoms with van der Waals surface area (Å²) >= 11 is 0. The van der Waals surface area contributed by atoms with Crippen LogP contribution in [0.2, 0.25) is 0 Å². The van der Waals surface area contributed by atoms with E-state index in [0.717, 1.165) is 33.2 Å². The highest BCUT2D eigenvalue weighted by Crippen LogP contribution is 2.41. The third-order valence-electron chi connectivity index (χ3n) is 9.47. The van der Waals surface area contributed by atoms with Gasteiger partial charge in [0.05, 0.1) is 11.0 Å². The molecule has 212 valence electrons. The molecule has 2 heterocycles. The van der Waals surface area contributed by atoms with Gasteiger partial charge < -0.3 is 0 Å². The first-order chi connectivity index (χ1) is 22.0. The van der Waals surface area contributed by atoms with Gasteiger partial charge in [-0.05, 0) is 116 Å². The van der Waals surface area contributed by atoms with Gasteiger partial charge in [-0.1, -0.05) is 103 Å². The van der Waals surface area contributed by atoms with Gasteiger partial charge in [0, 0.05) is 22.2 Å². The van der Waals surface area contributed by atoms with Crippen LogP contribution in [0.4, 0.5) is 0 Å². The molecule has 0 atom stereocenters. The van der Waals surface area contributed by atoms with E-state index in [0.29, 0.717) is 0 Å². The topological polar surface area (TPSA) is 25.8 Å². The predicted molar refractivity (Wildman–Crippen MR) is 191 cm³/mol. The molecular weight excluding hydrogens is 544 g/mol. The molecule has 7 aromatic carbocycles. The maximum atomic E-state index is 4.97. The monoisotopic (exact) mass is 574 g/mol. The van der Waals surface area contributed by atoms with Crippen molar-refractivity contribution in [3.05, 3.63) is 144 Å². The smallest absolute Gasteiger partial charge is 0.0974 e. The van der Waals surface area contributed by atoms with Crippen LogP contribution in [0.5, 0.6) is 0 Å². The van der Waals surface area contributed by atoms with Crippen LogP contribution in [0, 0.1) is 20.8 Å². The molecule has 45 heavy (non-hydrogen) atoms. The molecule has 9 aromatic rings. The maximum absolute atomic E-state index is 4.97. The highest BCUT2D eigenvalue weighted by Gasteiger charge is 2.15. The predicted octanol–water partition coefficient (Wildman–Crippen LogP) is 11.6. The van der Waals surface area contributed by atoms with Crippen LogP contribution in [0.25, 0.3) is 87.5 Å². The molecule has 0 spiro atoms. The average Bonchev–Trinajstić information content (AvgIpc) is 3.07. The lowest BCUT2D eigenvalue weighted by atomic mass is 9.88. The van der Waals surface area contributed by atoms with E-state index < -0.39 is 0 Å². The Kier molecular flexibility index (Phi) is 5.58. The van der Waals surface area contributed by atoms with Crippen LogP contribution in [-0.2, 0) is 0 Å². The minimum atomic E-state index is 0.962. The minimum Gasteiger partial charge on any atom is -0.251 e. The highest BCUT2D eigenvalue weighted by molar-refractivity contribution is 6.25. The van der Waals surface area contributed by atoms with Gasteiger partial charge >= 0.3 is 0 Å². The van der Waals surface area contributed by atoms with E-state index in [1.165, 1.54) is 71.3 Å². The van der Waals surface area contributed by atoms with Crippen LogP contribution < -0.4 is 0 Å². The van der Waals surface area contributed by atoms with Crippen LogP contribution in [0.1, 0.15) is 17.0 Å². The lowest BCUT2D eigenvalue weighted by molar-refractivity contribution is 1.23. The van der Waals surface area contributed by atoms with E-state index in [1.807, 2.05) is 6.92 Å². The van der Waals surface area contributed by atoms with Gasteiger partial charge in [-0.25, -0.2) is 0 Å². The number of aryl methyl sites for hydroxylation is 3. The quantitative estimate of drug-likeness (QED) is 0.196. The second-order valence-electron chi connectivity index (χ2n) is 12.4. The molecule has 0 fully saturated rings. The van der Waals surface area contributed by atoms with Crippen LogP contribution in [0.15, 0.2) is 127 Å². The van der Waals surface area contributed by atoms with E-state index in [2.05, 4.69) is 141 Å². The van der Waals surface area contributed by atoms with E-state index in [-0.39, 0.29) is 0 Å². The summed E-state index contributed by atoms with van der Waals surface area (Å²) in [5.74, 6) is 0. The zero-order valence-corrected chi connectivity index (χ0v) is 25.5. The number of rotatable bonds is 3. The Morgan fingerprint density at radius 1 is 0.378 bits per heavy atom. The Hall–Kier alpha value is -5.60. The number of aromatic nitrogens is 2. The van der Waals surface area contributed by atoms with E-state index in [9.17, 15) is 0 Å². The Morgan fingerprint density at radius 2 is 1.00 bits per heavy atom. The van der Waals surface area contributed by atoms with Gasteiger partial charge in [0.25, 0.3) is 0 Å². The fourth-order valence-corrected chi connectivity index (χ4v) is 7.28. The lowest BCUT2D eigenvalue weighted by Gasteiger charge is -2.16. The van der Waals surface area contributed by atoms with Crippen molar-refractivity contribution >= 4 is 54.1 Å². The molecule has 0 N–H and O–H groups in total. The van der Waals surface area contributed by atoms with Gasteiger partial charge in [0.1, 0.15) is 0 Å². The molecule has 0 bridgehead atoms. The van der Waals surface area contributed by atoms with Crippen molar-refractivity contribution in [3.63, 3.8) is 0 Å². The molecule has 0 unspecified atom stereocenters. The average molecular weight is 575 g/mol. The molecule has 0 amide bonds. The molecule has 0 aliphatic carbocycles. The third kappa shape index (κ3) is 4.03. The van der Waals surface area contributed by atoms with Gasteiger partial charge in [0.2, 0.25) is 0 Å². The van der Waals surface area contributed by atoms with Crippen molar-refractivity contribution in [1.82, 2.24) is 9.97 Å². The molecule has 2 aromatic heterocycles. The SMILES string of the molecule is Cc1ccc2ccc3c(-c4ccc(C)c(-c5cccc(-c6ccc7ccc8cccc9ccc6c7c89)c5)c4)cc(C)nc3c2n1. The summed E-state index contributed by atoms with van der Waals surface area (Å²) in [5, 5.41) is 10.1. The number of benzene rings is 7. The van der Waals surface area contributed by atoms with Crippen molar-refractivity contribution in [2.45, 2.75) is 20.8 Å². The van der Waals surface area contributed by atoms with E-state index >= 15 is 0 Å². The highest BCUT2D eigenvalue weighted by atomic mass is 14.8. The largest absolute Gasteiger partial charge is 0.251 e. The van der Waals surface area contributed by atoms with Crippen LogP contribution in [-0.4, -0.2) is 9.97 Å². The Labute approximate surface area is 262 Å². The van der Waals surface area contributed by atoms with Crippen LogP contribution in [0.3, 0.4) is 0 Å². The van der Waals surface area contributed by atoms with E-state index in [1.54, 1.807) is 0 Å². The third-order valence-corrected chi connectivity index (χ3v) is 9.47. The molecule has 0 aliphatic rings. The molecular formula is C43H30N2. The summed E-state index contributed by atoms with van der Waals surface area (Å²) in [7, 11) is 0. The van der Waals surface area contributed by atoms with Crippen molar-refractivity contribution in [1.29, 1.82) is 0 Å². The first-order valence-electron chi connectivity index (χ1n) is 15.6. The number of hydrogen-bond donors (Lipinski definition) is 0. The number of nitrogens with zero attached hydrogens (tertiary/aromatic N) is 2. The summed E-state index contributed by atoms with van der Waals surface area (Å²) in [6, 6.07) is 46.9. The number of hydrogen-bond acceptors (Lipinski definition) is 2. The second kappa shape index (κ2) is 9.70. The standard InChI is InChI=1S/C43H30N2/c1-25-10-12-34(39-22-27(3)45-43-37(39)21-18-31-13-11-26(2)44-42(31)43)24-38(25)33-9-5-8-32(23-33)35-19-16-30-15-14-28-6-4-7-29-17-20-36(35)41(30)40(28)29/h4-24H,1-3H3. The summed E-state index contributed by atoms with van der Waals surface area (Å²) in [6.07, 6.45) is 0. The molecule has 9 rings (SSSR count). The summed E-state index contributed by atoms with van der Waals surface area (Å²) in [5.41, 5.74) is 12.5. The fraction of sp³-hybridized carbons (Fsp3) is 0.0698. The molecule has 0 radical (unpaired) electrons. The number of fused-ring (bicyclic) bond motifs is 3. The normalized spacial score (nSPS) is 11.9. The second-order valence-corrected chi connectivity index (χ2v) is 12.4. The summed E-state index contributed by atoms with van der Waals surface area (Å²) < 4.78 is 0. The first kappa shape index (κ1) is 25.9. The van der Waals surface area contributed by atoms with Gasteiger partial charge in [-0.3, -0.25) is 9.97 Å². The van der Waals surface area contributed by atoms with E-state index in [4.69, 9.17) is 9.97 Å². The zero-order chi connectivity index (χ0) is 30.2. The summed E-state index contributed by atoms with van der Waals surface area (Å²) in [6.45, 7) is 6.32. The first-order valence-corrected chi connectivity index (χ1v) is 15.6. The van der Waals surface area contributed by atoms with Gasteiger partial charge in [-0.2, -0.15) is 0 Å². The Balaban J connectivity index is 1.21. The Bertz CT molecular complexity index is 2610. The zero-order valence-electron chi connectivity index (χ0n) is 25.5. The van der Waals surface area contributed by atoms with Crippen molar-refractivity contribution in [3.8, 4) is 33.4 Å². The van der Waals surface area contributed by atoms with Crippen LogP contribution >= 0.6 is 0 Å². The van der Waals surface area contributed by atoms with Crippen molar-refractivity contribution in [2.75, 3.05) is 0 Å². The summed E-state index contributed by atoms with van der Waals surface area (Å²) in [4.78, 5) is 9.85. The minimum absolute atomic E-state index is 0.962. The number of pyridine rings is 2. The van der Waals surface area contributed by atoms with Crippen molar-refractivity contribution < 1.29 is 0 Å². The van der Waals surface area contributed by atoms with Gasteiger partial charge in [-0.15, -0.1) is 0 Å². The molecule has 0 saturated carbocycles. The molecule has 2 nitrogen and oxygen atoms in total. The molecule has 0 saturated heterocycles. The Morgan fingerprint density at radius 3 is 1.84 bits per heavy atom. The van der Waals surface area contributed by atoms with Gasteiger partial charge in [0.15, 0.2) is 0 Å². The maximum Gasteiger partial charge on any atom is 0.0974 e. The lowest BCUT2D eigenvalue weighted by Crippen LogP contribution is -1.93.